The second-order valence-electron chi connectivity index (χ2n) is 4.24. The number of aromatic nitrogens is 2. The first-order valence-electron chi connectivity index (χ1n) is 5.35. The molecule has 0 aliphatic carbocycles. The average Bonchev–Trinajstić information content (AvgIpc) is 2.52. The lowest BCUT2D eigenvalue weighted by Crippen LogP contribution is -2.06. The van der Waals surface area contributed by atoms with Crippen molar-refractivity contribution in [2.24, 2.45) is 7.05 Å². The van der Waals surface area contributed by atoms with Gasteiger partial charge in [0.2, 0.25) is 5.56 Å². The zero-order chi connectivity index (χ0) is 12.2. The molecule has 0 bridgehead atoms. The van der Waals surface area contributed by atoms with Gasteiger partial charge in [0.1, 0.15) is 0 Å². The Morgan fingerprint density at radius 3 is 2.76 bits per heavy atom. The Morgan fingerprint density at radius 1 is 1.24 bits per heavy atom. The highest BCUT2D eigenvalue weighted by molar-refractivity contribution is 9.10. The fourth-order valence-electron chi connectivity index (χ4n) is 2.46. The molecule has 0 fully saturated rings. The quantitative estimate of drug-likeness (QED) is 0.679. The van der Waals surface area contributed by atoms with E-state index in [4.69, 9.17) is 0 Å². The highest BCUT2D eigenvalue weighted by atomic mass is 79.9. The molecule has 2 aromatic heterocycles. The highest BCUT2D eigenvalue weighted by Gasteiger charge is 2.11. The molecule has 0 spiro atoms. The van der Waals surface area contributed by atoms with Gasteiger partial charge < -0.3 is 9.55 Å². The number of H-pyrrole nitrogens is 1. The molecule has 3 rings (SSSR count). The normalized spacial score (nSPS) is 11.5. The number of hydrogen-bond acceptors (Lipinski definition) is 1. The van der Waals surface area contributed by atoms with E-state index in [2.05, 4.69) is 37.6 Å². The van der Waals surface area contributed by atoms with Crippen LogP contribution in [0.5, 0.6) is 0 Å². The van der Waals surface area contributed by atoms with Crippen molar-refractivity contribution in [3.05, 3.63) is 44.8 Å². The topological polar surface area (TPSA) is 37.8 Å². The number of rotatable bonds is 0. The first kappa shape index (κ1) is 10.6. The van der Waals surface area contributed by atoms with Crippen LogP contribution in [0.1, 0.15) is 5.69 Å². The predicted molar refractivity (Wildman–Crippen MR) is 73.5 cm³/mol. The summed E-state index contributed by atoms with van der Waals surface area (Å²) in [5.74, 6) is 0. The minimum Gasteiger partial charge on any atom is -0.342 e. The second-order valence-corrected chi connectivity index (χ2v) is 5.16. The Labute approximate surface area is 106 Å². The minimum absolute atomic E-state index is 0.0533. The van der Waals surface area contributed by atoms with Crippen LogP contribution < -0.4 is 5.56 Å². The Bertz CT molecular complexity index is 798. The standard InChI is InChI=1S/C13H11BrN2O/c1-7-13-10(6-12(17)15-7)9-5-8(14)3-4-11(9)16(13)2/h3-6H,1-2H3,(H,15,17). The molecule has 0 saturated carbocycles. The number of halogens is 1. The summed E-state index contributed by atoms with van der Waals surface area (Å²) in [7, 11) is 2.02. The summed E-state index contributed by atoms with van der Waals surface area (Å²) in [4.78, 5) is 14.4. The van der Waals surface area contributed by atoms with Crippen LogP contribution in [0, 0.1) is 6.92 Å². The van der Waals surface area contributed by atoms with Crippen LogP contribution in [0.4, 0.5) is 0 Å². The van der Waals surface area contributed by atoms with Gasteiger partial charge in [0, 0.05) is 39.6 Å². The summed E-state index contributed by atoms with van der Waals surface area (Å²) in [6, 6.07) is 7.79. The molecular weight excluding hydrogens is 280 g/mol. The van der Waals surface area contributed by atoms with Crippen LogP contribution in [0.15, 0.2) is 33.5 Å². The van der Waals surface area contributed by atoms with Crippen LogP contribution in [0.2, 0.25) is 0 Å². The Hall–Kier alpha value is -1.55. The van der Waals surface area contributed by atoms with Gasteiger partial charge in [-0.1, -0.05) is 15.9 Å². The van der Waals surface area contributed by atoms with Gasteiger partial charge in [-0.25, -0.2) is 0 Å². The first-order valence-corrected chi connectivity index (χ1v) is 6.15. The predicted octanol–water partition coefficient (Wildman–Crippen LogP) is 3.09. The third-order valence-electron chi connectivity index (χ3n) is 3.14. The molecule has 3 nitrogen and oxygen atoms in total. The molecule has 1 aromatic carbocycles. The number of pyridine rings is 1. The molecule has 4 heteroatoms. The summed E-state index contributed by atoms with van der Waals surface area (Å²) in [5, 5.41) is 2.11. The van der Waals surface area contributed by atoms with Crippen LogP contribution in [-0.4, -0.2) is 9.55 Å². The van der Waals surface area contributed by atoms with E-state index in [1.165, 1.54) is 0 Å². The molecule has 2 heterocycles. The lowest BCUT2D eigenvalue weighted by atomic mass is 10.2. The molecule has 0 aliphatic heterocycles. The monoisotopic (exact) mass is 290 g/mol. The zero-order valence-corrected chi connectivity index (χ0v) is 11.1. The van der Waals surface area contributed by atoms with E-state index in [1.54, 1.807) is 6.07 Å². The molecule has 0 atom stereocenters. The van der Waals surface area contributed by atoms with Crippen LogP contribution in [0.3, 0.4) is 0 Å². The van der Waals surface area contributed by atoms with E-state index in [9.17, 15) is 4.79 Å². The van der Waals surface area contributed by atoms with Crippen LogP contribution >= 0.6 is 15.9 Å². The van der Waals surface area contributed by atoms with Gasteiger partial charge in [0.05, 0.1) is 5.52 Å². The summed E-state index contributed by atoms with van der Waals surface area (Å²) < 4.78 is 3.14. The molecular formula is C13H11BrN2O. The van der Waals surface area contributed by atoms with Gasteiger partial charge >= 0.3 is 0 Å². The maximum atomic E-state index is 11.6. The van der Waals surface area contributed by atoms with Crippen molar-refractivity contribution < 1.29 is 0 Å². The minimum atomic E-state index is -0.0533. The lowest BCUT2D eigenvalue weighted by Gasteiger charge is -2.00. The van der Waals surface area contributed by atoms with Gasteiger partial charge in [-0.3, -0.25) is 4.79 Å². The van der Waals surface area contributed by atoms with Crippen molar-refractivity contribution in [1.82, 2.24) is 9.55 Å². The van der Waals surface area contributed by atoms with Crippen molar-refractivity contribution in [3.8, 4) is 0 Å². The summed E-state index contributed by atoms with van der Waals surface area (Å²) >= 11 is 3.47. The SMILES string of the molecule is Cc1[nH]c(=O)cc2c3cc(Br)ccc3n(C)c12. The molecule has 3 aromatic rings. The highest BCUT2D eigenvalue weighted by Crippen LogP contribution is 2.30. The van der Waals surface area contributed by atoms with E-state index in [1.807, 2.05) is 20.0 Å². The van der Waals surface area contributed by atoms with E-state index in [0.29, 0.717) is 0 Å². The van der Waals surface area contributed by atoms with E-state index < -0.39 is 0 Å². The number of hydrogen-bond donors (Lipinski definition) is 1. The van der Waals surface area contributed by atoms with E-state index in [0.717, 1.165) is 32.0 Å². The average molecular weight is 291 g/mol. The largest absolute Gasteiger partial charge is 0.342 e. The number of fused-ring (bicyclic) bond motifs is 3. The van der Waals surface area contributed by atoms with Gasteiger partial charge in [0.25, 0.3) is 0 Å². The zero-order valence-electron chi connectivity index (χ0n) is 9.54. The van der Waals surface area contributed by atoms with Crippen molar-refractivity contribution in [1.29, 1.82) is 0 Å². The number of aryl methyl sites for hydroxylation is 2. The molecule has 0 amide bonds. The molecule has 86 valence electrons. The van der Waals surface area contributed by atoms with Gasteiger partial charge in [-0.05, 0) is 25.1 Å². The third kappa shape index (κ3) is 1.44. The van der Waals surface area contributed by atoms with Crippen molar-refractivity contribution in [3.63, 3.8) is 0 Å². The maximum Gasteiger partial charge on any atom is 0.248 e. The molecule has 0 radical (unpaired) electrons. The fraction of sp³-hybridized carbons (Fsp3) is 0.154. The molecule has 0 saturated heterocycles. The van der Waals surface area contributed by atoms with Gasteiger partial charge in [-0.2, -0.15) is 0 Å². The Morgan fingerprint density at radius 2 is 2.00 bits per heavy atom. The van der Waals surface area contributed by atoms with Gasteiger partial charge in [0.15, 0.2) is 0 Å². The Kier molecular flexibility index (Phi) is 2.16. The number of aromatic amines is 1. The van der Waals surface area contributed by atoms with Crippen molar-refractivity contribution >= 4 is 37.7 Å². The molecule has 0 unspecified atom stereocenters. The van der Waals surface area contributed by atoms with Gasteiger partial charge in [-0.15, -0.1) is 0 Å². The first-order chi connectivity index (χ1) is 8.08. The van der Waals surface area contributed by atoms with E-state index in [-0.39, 0.29) is 5.56 Å². The molecule has 1 N–H and O–H groups in total. The number of benzene rings is 1. The molecule has 0 aliphatic rings. The lowest BCUT2D eigenvalue weighted by molar-refractivity contribution is 0.993. The molecule has 17 heavy (non-hydrogen) atoms. The summed E-state index contributed by atoms with van der Waals surface area (Å²) in [6.45, 7) is 1.93. The van der Waals surface area contributed by atoms with Crippen LogP contribution in [0.25, 0.3) is 21.8 Å². The fourth-order valence-corrected chi connectivity index (χ4v) is 2.82. The number of nitrogens with zero attached hydrogens (tertiary/aromatic N) is 1. The summed E-state index contributed by atoms with van der Waals surface area (Å²) in [5.41, 5.74) is 3.06. The maximum absolute atomic E-state index is 11.6. The number of nitrogens with one attached hydrogen (secondary N) is 1. The third-order valence-corrected chi connectivity index (χ3v) is 3.64. The summed E-state index contributed by atoms with van der Waals surface area (Å²) in [6.07, 6.45) is 0. The van der Waals surface area contributed by atoms with Crippen molar-refractivity contribution in [2.75, 3.05) is 0 Å². The smallest absolute Gasteiger partial charge is 0.248 e. The van der Waals surface area contributed by atoms with Crippen LogP contribution in [-0.2, 0) is 7.05 Å². The second kappa shape index (κ2) is 3.47. The Balaban J connectivity index is 2.69. The van der Waals surface area contributed by atoms with E-state index >= 15 is 0 Å². The van der Waals surface area contributed by atoms with Crippen molar-refractivity contribution in [2.45, 2.75) is 6.92 Å².